The number of phenolic OH excluding ortho intramolecular Hbond substituents is 1. The first kappa shape index (κ1) is 16.8. The number of carbonyl (C=O) groups is 3. The number of rotatable bonds is 6. The molecule has 0 spiro atoms. The second-order valence-electron chi connectivity index (χ2n) is 5.63. The molecule has 1 aromatic carbocycles. The summed E-state index contributed by atoms with van der Waals surface area (Å²) in [4.78, 5) is 37.7. The van der Waals surface area contributed by atoms with Gasteiger partial charge in [0.25, 0.3) is 5.91 Å². The topological polar surface area (TPSA) is 89.9 Å². The highest BCUT2D eigenvalue weighted by Gasteiger charge is 2.41. The third kappa shape index (κ3) is 4.00. The Bertz CT molecular complexity index is 600. The van der Waals surface area contributed by atoms with Crippen LogP contribution in [0.4, 0.5) is 4.79 Å². The maximum Gasteiger partial charge on any atom is 0.326 e. The van der Waals surface area contributed by atoms with E-state index in [9.17, 15) is 19.5 Å². The third-order valence-electron chi connectivity index (χ3n) is 3.95. The Kier molecular flexibility index (Phi) is 5.20. The molecule has 1 aliphatic rings. The summed E-state index contributed by atoms with van der Waals surface area (Å²) in [6, 6.07) is 5.83. The van der Waals surface area contributed by atoms with E-state index < -0.39 is 6.04 Å². The van der Waals surface area contributed by atoms with Gasteiger partial charge in [-0.15, -0.1) is 0 Å². The molecule has 7 nitrogen and oxygen atoms in total. The van der Waals surface area contributed by atoms with Crippen LogP contribution in [0.2, 0.25) is 0 Å². The highest BCUT2D eigenvalue weighted by Crippen LogP contribution is 2.16. The van der Waals surface area contributed by atoms with Gasteiger partial charge in [0.05, 0.1) is 6.42 Å². The Hall–Kier alpha value is -2.57. The maximum absolute atomic E-state index is 11.9. The Morgan fingerprint density at radius 3 is 2.43 bits per heavy atom. The molecular formula is C16H21N3O4. The lowest BCUT2D eigenvalue weighted by atomic mass is 10.1. The molecule has 7 heteroatoms. The van der Waals surface area contributed by atoms with Crippen LogP contribution >= 0.6 is 0 Å². The van der Waals surface area contributed by atoms with Crippen LogP contribution in [-0.2, 0) is 16.0 Å². The summed E-state index contributed by atoms with van der Waals surface area (Å²) >= 11 is 0. The normalized spacial score (nSPS) is 17.7. The first-order valence-corrected chi connectivity index (χ1v) is 7.49. The maximum atomic E-state index is 11.9. The van der Waals surface area contributed by atoms with Crippen molar-refractivity contribution in [2.45, 2.75) is 25.3 Å². The molecule has 1 heterocycles. The summed E-state index contributed by atoms with van der Waals surface area (Å²) in [6.07, 6.45) is 1.51. The minimum atomic E-state index is -0.718. The summed E-state index contributed by atoms with van der Waals surface area (Å²) in [5.41, 5.74) is 1.08. The molecule has 1 aliphatic heterocycles. The molecule has 0 saturated carbocycles. The van der Waals surface area contributed by atoms with Crippen molar-refractivity contribution in [1.29, 1.82) is 0 Å². The molecule has 1 saturated heterocycles. The van der Waals surface area contributed by atoms with Gasteiger partial charge in [0.15, 0.2) is 0 Å². The molecule has 4 amide bonds. The van der Waals surface area contributed by atoms with Crippen LogP contribution in [0.25, 0.3) is 0 Å². The van der Waals surface area contributed by atoms with E-state index in [0.29, 0.717) is 6.54 Å². The standard InChI is InChI=1S/C16H21N3O4/c1-18-13(15(22)19(2)16(18)23)10-14(21)17-9-3-4-11-5-7-12(20)8-6-11/h5-8,13,20H,3-4,9-10H2,1-2H3,(H,17,21)/t13-/m0/s1. The van der Waals surface area contributed by atoms with Gasteiger partial charge < -0.3 is 15.3 Å². The molecule has 124 valence electrons. The predicted octanol–water partition coefficient (Wildman–Crippen LogP) is 0.723. The van der Waals surface area contributed by atoms with E-state index in [4.69, 9.17) is 0 Å². The van der Waals surface area contributed by atoms with Gasteiger partial charge in [0, 0.05) is 20.6 Å². The fourth-order valence-electron chi connectivity index (χ4n) is 2.51. The summed E-state index contributed by atoms with van der Waals surface area (Å²) in [5, 5.41) is 12.0. The fourth-order valence-corrected chi connectivity index (χ4v) is 2.51. The van der Waals surface area contributed by atoms with Gasteiger partial charge in [-0.2, -0.15) is 0 Å². The largest absolute Gasteiger partial charge is 0.508 e. The lowest BCUT2D eigenvalue weighted by Crippen LogP contribution is -2.37. The van der Waals surface area contributed by atoms with Gasteiger partial charge in [0.2, 0.25) is 5.91 Å². The van der Waals surface area contributed by atoms with Gasteiger partial charge >= 0.3 is 6.03 Å². The Balaban J connectivity index is 1.72. The molecule has 2 N–H and O–H groups in total. The van der Waals surface area contributed by atoms with Crippen molar-refractivity contribution in [2.24, 2.45) is 0 Å². The molecule has 0 radical (unpaired) electrons. The first-order chi connectivity index (χ1) is 10.9. The number of urea groups is 1. The highest BCUT2D eigenvalue weighted by atomic mass is 16.3. The zero-order chi connectivity index (χ0) is 17.0. The monoisotopic (exact) mass is 319 g/mol. The zero-order valence-electron chi connectivity index (χ0n) is 13.3. The van der Waals surface area contributed by atoms with Crippen LogP contribution in [0.5, 0.6) is 5.75 Å². The molecule has 0 bridgehead atoms. The van der Waals surface area contributed by atoms with E-state index in [1.807, 2.05) is 12.1 Å². The van der Waals surface area contributed by atoms with Crippen molar-refractivity contribution < 1.29 is 19.5 Å². The number of nitrogens with zero attached hydrogens (tertiary/aromatic N) is 2. The Labute approximate surface area is 134 Å². The molecule has 1 atom stereocenters. The number of likely N-dealkylation sites (N-methyl/N-ethyl adjacent to an activating group) is 2. The van der Waals surface area contributed by atoms with Crippen LogP contribution in [0.3, 0.4) is 0 Å². The number of aryl methyl sites for hydroxylation is 1. The summed E-state index contributed by atoms with van der Waals surface area (Å²) in [7, 11) is 2.93. The SMILES string of the molecule is CN1C(=O)[C@H](CC(=O)NCCCc2ccc(O)cc2)N(C)C1=O. The van der Waals surface area contributed by atoms with E-state index in [1.165, 1.54) is 19.0 Å². The number of hydrogen-bond donors (Lipinski definition) is 2. The van der Waals surface area contributed by atoms with Gasteiger partial charge in [-0.1, -0.05) is 12.1 Å². The average Bonchev–Trinajstić information content (AvgIpc) is 2.71. The summed E-state index contributed by atoms with van der Waals surface area (Å²) < 4.78 is 0. The molecule has 1 fully saturated rings. The van der Waals surface area contributed by atoms with E-state index >= 15 is 0 Å². The van der Waals surface area contributed by atoms with E-state index in [0.717, 1.165) is 23.3 Å². The molecule has 0 aromatic heterocycles. The minimum absolute atomic E-state index is 0.0232. The number of aromatic hydroxyl groups is 1. The van der Waals surface area contributed by atoms with E-state index in [2.05, 4.69) is 5.32 Å². The highest BCUT2D eigenvalue weighted by molar-refractivity contribution is 6.05. The zero-order valence-corrected chi connectivity index (χ0v) is 13.3. The molecule has 23 heavy (non-hydrogen) atoms. The second-order valence-corrected chi connectivity index (χ2v) is 5.63. The van der Waals surface area contributed by atoms with Crippen LogP contribution in [-0.4, -0.2) is 59.4 Å². The molecule has 0 unspecified atom stereocenters. The van der Waals surface area contributed by atoms with E-state index in [1.54, 1.807) is 12.1 Å². The van der Waals surface area contributed by atoms with Crippen molar-refractivity contribution >= 4 is 17.8 Å². The number of amides is 4. The smallest absolute Gasteiger partial charge is 0.326 e. The van der Waals surface area contributed by atoms with Gasteiger partial charge in [-0.25, -0.2) is 4.79 Å². The number of carbonyl (C=O) groups excluding carboxylic acids is 3. The number of nitrogens with one attached hydrogen (secondary N) is 1. The Morgan fingerprint density at radius 1 is 1.22 bits per heavy atom. The van der Waals surface area contributed by atoms with Crippen molar-refractivity contribution in [3.05, 3.63) is 29.8 Å². The van der Waals surface area contributed by atoms with Crippen molar-refractivity contribution in [3.63, 3.8) is 0 Å². The number of benzene rings is 1. The molecule has 0 aliphatic carbocycles. The van der Waals surface area contributed by atoms with Crippen molar-refractivity contribution in [2.75, 3.05) is 20.6 Å². The van der Waals surface area contributed by atoms with Crippen LogP contribution in [0.15, 0.2) is 24.3 Å². The summed E-state index contributed by atoms with van der Waals surface area (Å²) in [6.45, 7) is 0.494. The lowest BCUT2D eigenvalue weighted by molar-refractivity contribution is -0.131. The lowest BCUT2D eigenvalue weighted by Gasteiger charge is -2.15. The second kappa shape index (κ2) is 7.13. The molecular weight excluding hydrogens is 298 g/mol. The quantitative estimate of drug-likeness (QED) is 0.597. The Morgan fingerprint density at radius 2 is 1.87 bits per heavy atom. The van der Waals surface area contributed by atoms with Crippen LogP contribution in [0.1, 0.15) is 18.4 Å². The number of hydrogen-bond acceptors (Lipinski definition) is 4. The van der Waals surface area contributed by atoms with Crippen molar-refractivity contribution in [3.8, 4) is 5.75 Å². The fraction of sp³-hybridized carbons (Fsp3) is 0.438. The van der Waals surface area contributed by atoms with E-state index in [-0.39, 0.29) is 30.0 Å². The average molecular weight is 319 g/mol. The number of imide groups is 1. The van der Waals surface area contributed by atoms with Gasteiger partial charge in [0.1, 0.15) is 11.8 Å². The number of phenols is 1. The molecule has 1 aromatic rings. The molecule has 2 rings (SSSR count). The van der Waals surface area contributed by atoms with Crippen LogP contribution in [0, 0.1) is 0 Å². The van der Waals surface area contributed by atoms with Gasteiger partial charge in [-0.05, 0) is 30.5 Å². The van der Waals surface area contributed by atoms with Crippen LogP contribution < -0.4 is 5.32 Å². The first-order valence-electron chi connectivity index (χ1n) is 7.49. The van der Waals surface area contributed by atoms with Gasteiger partial charge in [-0.3, -0.25) is 14.5 Å². The summed E-state index contributed by atoms with van der Waals surface area (Å²) in [5.74, 6) is -0.368. The third-order valence-corrected chi connectivity index (χ3v) is 3.95. The van der Waals surface area contributed by atoms with Crippen molar-refractivity contribution in [1.82, 2.24) is 15.1 Å². The minimum Gasteiger partial charge on any atom is -0.508 e. The predicted molar refractivity (Wildman–Crippen MR) is 83.8 cm³/mol.